The van der Waals surface area contributed by atoms with Crippen LogP contribution in [-0.4, -0.2) is 23.4 Å². The van der Waals surface area contributed by atoms with Crippen molar-refractivity contribution in [1.82, 2.24) is 9.88 Å². The maximum absolute atomic E-state index is 12.9. The lowest BCUT2D eigenvalue weighted by Crippen LogP contribution is -2.40. The summed E-state index contributed by atoms with van der Waals surface area (Å²) in [6.45, 7) is 0. The number of aryl methyl sites for hydroxylation is 1. The van der Waals surface area contributed by atoms with Crippen molar-refractivity contribution in [3.63, 3.8) is 0 Å². The van der Waals surface area contributed by atoms with E-state index in [1.807, 2.05) is 54.1 Å². The molecule has 0 aliphatic carbocycles. The molecular formula is C20H18ClN3O2. The Hall–Kier alpha value is -2.79. The molecule has 0 fully saturated rings. The minimum absolute atomic E-state index is 0.0159. The fourth-order valence-electron chi connectivity index (χ4n) is 3.53. The van der Waals surface area contributed by atoms with Gasteiger partial charge in [-0.3, -0.25) is 9.59 Å². The van der Waals surface area contributed by atoms with Crippen LogP contribution in [-0.2, 0) is 11.8 Å². The summed E-state index contributed by atoms with van der Waals surface area (Å²) in [5, 5.41) is 4.59. The van der Waals surface area contributed by atoms with Crippen molar-refractivity contribution in [3.8, 4) is 0 Å². The normalized spacial score (nSPS) is 16.7. The number of hydrogen-bond acceptors (Lipinski definition) is 2. The first-order chi connectivity index (χ1) is 12.5. The van der Waals surface area contributed by atoms with Gasteiger partial charge in [0, 0.05) is 35.7 Å². The van der Waals surface area contributed by atoms with E-state index in [1.54, 1.807) is 18.0 Å². The number of para-hydroxylation sites is 1. The van der Waals surface area contributed by atoms with Gasteiger partial charge < -0.3 is 14.8 Å². The second-order valence-corrected chi connectivity index (χ2v) is 6.97. The third-order valence-electron chi connectivity index (χ3n) is 4.97. The second kappa shape index (κ2) is 6.18. The molecule has 0 radical (unpaired) electrons. The van der Waals surface area contributed by atoms with Crippen LogP contribution in [0.25, 0.3) is 10.9 Å². The van der Waals surface area contributed by atoms with Crippen molar-refractivity contribution < 1.29 is 9.59 Å². The Morgan fingerprint density at radius 2 is 1.92 bits per heavy atom. The highest BCUT2D eigenvalue weighted by Gasteiger charge is 2.30. The van der Waals surface area contributed by atoms with E-state index in [0.29, 0.717) is 10.7 Å². The van der Waals surface area contributed by atoms with Crippen LogP contribution < -0.4 is 10.2 Å². The van der Waals surface area contributed by atoms with Gasteiger partial charge in [-0.05, 0) is 29.8 Å². The SMILES string of the molecule is CN1C(=O)CC(NC(=O)c2cc3ccc(Cl)cc3n2C)c2ccccc21. The molecule has 6 heteroatoms. The molecule has 1 aliphatic rings. The van der Waals surface area contributed by atoms with Gasteiger partial charge in [0.1, 0.15) is 5.69 Å². The first-order valence-corrected chi connectivity index (χ1v) is 8.75. The number of fused-ring (bicyclic) bond motifs is 2. The van der Waals surface area contributed by atoms with Gasteiger partial charge in [-0.1, -0.05) is 35.9 Å². The monoisotopic (exact) mass is 367 g/mol. The Balaban J connectivity index is 1.68. The van der Waals surface area contributed by atoms with Gasteiger partial charge in [0.25, 0.3) is 5.91 Å². The first-order valence-electron chi connectivity index (χ1n) is 8.37. The molecule has 5 nitrogen and oxygen atoms in total. The third-order valence-corrected chi connectivity index (χ3v) is 5.21. The van der Waals surface area contributed by atoms with Gasteiger partial charge in [0.05, 0.1) is 12.5 Å². The molecule has 2 heterocycles. The molecule has 3 aromatic rings. The van der Waals surface area contributed by atoms with Crippen LogP contribution in [0.5, 0.6) is 0 Å². The fourth-order valence-corrected chi connectivity index (χ4v) is 3.69. The number of aromatic nitrogens is 1. The zero-order valence-electron chi connectivity index (χ0n) is 14.5. The number of nitrogens with zero attached hydrogens (tertiary/aromatic N) is 2. The number of carbonyl (C=O) groups excluding carboxylic acids is 2. The topological polar surface area (TPSA) is 54.3 Å². The van der Waals surface area contributed by atoms with E-state index in [-0.39, 0.29) is 24.3 Å². The van der Waals surface area contributed by atoms with Gasteiger partial charge >= 0.3 is 0 Å². The Morgan fingerprint density at radius 1 is 1.15 bits per heavy atom. The number of hydrogen-bond donors (Lipinski definition) is 1. The van der Waals surface area contributed by atoms with E-state index in [2.05, 4.69) is 5.32 Å². The number of carbonyl (C=O) groups is 2. The lowest BCUT2D eigenvalue weighted by molar-refractivity contribution is -0.119. The van der Waals surface area contributed by atoms with Crippen molar-refractivity contribution in [2.45, 2.75) is 12.5 Å². The average Bonchev–Trinajstić information content (AvgIpc) is 2.96. The standard InChI is InChI=1S/C20H18ClN3O2/c1-23-17-10-13(21)8-7-12(17)9-18(23)20(26)22-15-11-19(25)24(2)16-6-4-3-5-14(15)16/h3-10,15H,11H2,1-2H3,(H,22,26). The highest BCUT2D eigenvalue weighted by molar-refractivity contribution is 6.31. The third kappa shape index (κ3) is 2.65. The van der Waals surface area contributed by atoms with Crippen molar-refractivity contribution >= 4 is 40.0 Å². The molecular weight excluding hydrogens is 350 g/mol. The summed E-state index contributed by atoms with van der Waals surface area (Å²) in [7, 11) is 3.59. The molecule has 0 saturated heterocycles. The second-order valence-electron chi connectivity index (χ2n) is 6.53. The van der Waals surface area contributed by atoms with E-state index in [4.69, 9.17) is 11.6 Å². The van der Waals surface area contributed by atoms with E-state index in [9.17, 15) is 9.59 Å². The van der Waals surface area contributed by atoms with Crippen LogP contribution >= 0.6 is 11.6 Å². The summed E-state index contributed by atoms with van der Waals surface area (Å²) in [6, 6.07) is 14.7. The molecule has 0 bridgehead atoms. The van der Waals surface area contributed by atoms with Crippen LogP contribution in [0.2, 0.25) is 5.02 Å². The zero-order valence-corrected chi connectivity index (χ0v) is 15.2. The molecule has 1 unspecified atom stereocenters. The quantitative estimate of drug-likeness (QED) is 0.751. The lowest BCUT2D eigenvalue weighted by Gasteiger charge is -2.32. The Labute approximate surface area is 156 Å². The Kier molecular flexibility index (Phi) is 3.96. The maximum atomic E-state index is 12.9. The van der Waals surface area contributed by atoms with E-state index in [1.165, 1.54) is 0 Å². The molecule has 132 valence electrons. The number of rotatable bonds is 2. The van der Waals surface area contributed by atoms with E-state index >= 15 is 0 Å². The molecule has 0 saturated carbocycles. The molecule has 2 amide bonds. The maximum Gasteiger partial charge on any atom is 0.268 e. The summed E-state index contributed by atoms with van der Waals surface area (Å²) in [4.78, 5) is 26.8. The van der Waals surface area contributed by atoms with E-state index < -0.39 is 0 Å². The Morgan fingerprint density at radius 3 is 2.73 bits per heavy atom. The largest absolute Gasteiger partial charge is 0.343 e. The summed E-state index contributed by atoms with van der Waals surface area (Å²) in [6.07, 6.45) is 0.245. The fraction of sp³-hybridized carbons (Fsp3) is 0.200. The highest BCUT2D eigenvalue weighted by atomic mass is 35.5. The summed E-state index contributed by atoms with van der Waals surface area (Å²) in [5.74, 6) is -0.227. The van der Waals surface area contributed by atoms with Gasteiger partial charge in [-0.2, -0.15) is 0 Å². The number of halogens is 1. The molecule has 1 aliphatic heterocycles. The Bertz CT molecular complexity index is 1040. The highest BCUT2D eigenvalue weighted by Crippen LogP contribution is 2.33. The van der Waals surface area contributed by atoms with Crippen LogP contribution in [0.4, 0.5) is 5.69 Å². The number of anilines is 1. The molecule has 1 atom stereocenters. The summed E-state index contributed by atoms with van der Waals surface area (Å²) >= 11 is 6.07. The summed E-state index contributed by atoms with van der Waals surface area (Å²) in [5.41, 5.74) is 3.20. The summed E-state index contributed by atoms with van der Waals surface area (Å²) < 4.78 is 1.82. The van der Waals surface area contributed by atoms with Gasteiger partial charge in [-0.15, -0.1) is 0 Å². The minimum atomic E-state index is -0.344. The van der Waals surface area contributed by atoms with Crippen LogP contribution in [0, 0.1) is 0 Å². The zero-order chi connectivity index (χ0) is 18.4. The van der Waals surface area contributed by atoms with Gasteiger partial charge in [0.15, 0.2) is 0 Å². The molecule has 1 aromatic heterocycles. The molecule has 26 heavy (non-hydrogen) atoms. The van der Waals surface area contributed by atoms with Crippen LogP contribution in [0.1, 0.15) is 28.5 Å². The molecule has 1 N–H and O–H groups in total. The smallest absolute Gasteiger partial charge is 0.268 e. The van der Waals surface area contributed by atoms with Crippen LogP contribution in [0.3, 0.4) is 0 Å². The van der Waals surface area contributed by atoms with Crippen molar-refractivity contribution in [2.75, 3.05) is 11.9 Å². The van der Waals surface area contributed by atoms with Gasteiger partial charge in [0.2, 0.25) is 5.91 Å². The van der Waals surface area contributed by atoms with Crippen molar-refractivity contribution in [1.29, 1.82) is 0 Å². The predicted molar refractivity (Wildman–Crippen MR) is 103 cm³/mol. The number of benzene rings is 2. The number of amides is 2. The minimum Gasteiger partial charge on any atom is -0.343 e. The van der Waals surface area contributed by atoms with E-state index in [0.717, 1.165) is 22.2 Å². The van der Waals surface area contributed by atoms with Crippen molar-refractivity contribution in [3.05, 3.63) is 64.8 Å². The molecule has 4 rings (SSSR count). The first kappa shape index (κ1) is 16.7. The number of nitrogens with one attached hydrogen (secondary N) is 1. The van der Waals surface area contributed by atoms with Crippen molar-refractivity contribution in [2.24, 2.45) is 7.05 Å². The predicted octanol–water partition coefficient (Wildman–Crippen LogP) is 3.67. The molecule has 0 spiro atoms. The van der Waals surface area contributed by atoms with Crippen LogP contribution in [0.15, 0.2) is 48.5 Å². The molecule has 2 aromatic carbocycles. The van der Waals surface area contributed by atoms with Gasteiger partial charge in [-0.25, -0.2) is 0 Å². The lowest BCUT2D eigenvalue weighted by atomic mass is 9.96. The average molecular weight is 368 g/mol.